The van der Waals surface area contributed by atoms with E-state index in [-0.39, 0.29) is 35.6 Å². The molecule has 1 amide bonds. The standard InChI is InChI=1S/C34H42ClN9O16P2/c1-3-4-5-23(45)42(2)19(12-17-6-8-18(35)9-7-17)33(48)59-27-20(57-32(25(27)46)44-16-40-24-29(37)38-15-39-30(24)44)14-56-62(53,54)60-28-21(13-55-61(50,51)52)58-31(26(28)47)43-11-10-22(36)41-34(43)49/h3,6-11,15-16,19-21,25-28,31-32,46-47H,1,4-5,12-14H2,2H3,(H,53,54)(H2,36,41,49)(H2,37,38,39)(H2,50,51,52)/t19-,20+,21-,25-,26-,27-,28-,31-,32-/m1/s1. The average Bonchev–Trinajstić information content (AvgIpc) is 3.87. The molecule has 3 aromatic heterocycles. The number of likely N-dealkylation sites (N-methyl/N-ethyl adjacent to an activating group) is 1. The molecule has 336 valence electrons. The molecule has 9 N–H and O–H groups in total. The quantitative estimate of drug-likeness (QED) is 0.0391. The van der Waals surface area contributed by atoms with Crippen LogP contribution in [0.1, 0.15) is 30.9 Å². The van der Waals surface area contributed by atoms with Crippen molar-refractivity contribution in [1.29, 1.82) is 0 Å². The summed E-state index contributed by atoms with van der Waals surface area (Å²) in [4.78, 5) is 86.5. The van der Waals surface area contributed by atoms with Crippen molar-refractivity contribution in [1.82, 2.24) is 34.0 Å². The first kappa shape index (κ1) is 46.8. The lowest BCUT2D eigenvalue weighted by Crippen LogP contribution is -2.48. The van der Waals surface area contributed by atoms with Gasteiger partial charge in [-0.05, 0) is 30.2 Å². The van der Waals surface area contributed by atoms with Crippen LogP contribution in [0.4, 0.5) is 11.6 Å². The number of carbonyl (C=O) groups is 2. The molecule has 28 heteroatoms. The maximum absolute atomic E-state index is 14.2. The van der Waals surface area contributed by atoms with Gasteiger partial charge in [0.1, 0.15) is 54.2 Å². The van der Waals surface area contributed by atoms with Crippen LogP contribution < -0.4 is 17.2 Å². The number of nitrogens with zero attached hydrogens (tertiary/aromatic N) is 7. The van der Waals surface area contributed by atoms with Crippen molar-refractivity contribution in [2.24, 2.45) is 0 Å². The third-order valence-electron chi connectivity index (χ3n) is 9.76. The number of nitrogens with two attached hydrogens (primary N) is 2. The lowest BCUT2D eigenvalue weighted by atomic mass is 10.0. The van der Waals surface area contributed by atoms with Crippen LogP contribution in [0.5, 0.6) is 0 Å². The molecule has 2 fully saturated rings. The van der Waals surface area contributed by atoms with Crippen LogP contribution in [0.2, 0.25) is 5.02 Å². The first-order valence-electron chi connectivity index (χ1n) is 18.4. The number of aliphatic hydroxyl groups is 2. The number of allylic oxidation sites excluding steroid dienone is 1. The molecule has 2 aliphatic rings. The summed E-state index contributed by atoms with van der Waals surface area (Å²) in [5, 5.41) is 23.3. The molecule has 1 aromatic carbocycles. The van der Waals surface area contributed by atoms with Gasteiger partial charge < -0.3 is 55.5 Å². The van der Waals surface area contributed by atoms with E-state index < -0.39 is 102 Å². The zero-order valence-electron chi connectivity index (χ0n) is 32.4. The maximum Gasteiger partial charge on any atom is 0.472 e. The number of rotatable bonds is 18. The van der Waals surface area contributed by atoms with Gasteiger partial charge in [0.25, 0.3) is 0 Å². The Balaban J connectivity index is 1.27. The van der Waals surface area contributed by atoms with E-state index in [1.54, 1.807) is 24.3 Å². The summed E-state index contributed by atoms with van der Waals surface area (Å²) in [5.74, 6) is -1.66. The van der Waals surface area contributed by atoms with Gasteiger partial charge in [-0.25, -0.2) is 33.7 Å². The van der Waals surface area contributed by atoms with Crippen LogP contribution in [0.25, 0.3) is 11.2 Å². The number of hydrogen-bond donors (Lipinski definition) is 7. The topological polar surface area (TPSA) is 359 Å². The molecule has 0 saturated carbocycles. The summed E-state index contributed by atoms with van der Waals surface area (Å²) < 4.78 is 59.7. The van der Waals surface area contributed by atoms with Gasteiger partial charge >= 0.3 is 27.3 Å². The second-order valence-corrected chi connectivity index (χ2v) is 17.0. The average molecular weight is 930 g/mol. The number of ether oxygens (including phenoxy) is 3. The Kier molecular flexibility index (Phi) is 14.6. The number of anilines is 2. The Morgan fingerprint density at radius 3 is 2.29 bits per heavy atom. The molecule has 0 radical (unpaired) electrons. The summed E-state index contributed by atoms with van der Waals surface area (Å²) in [6.07, 6.45) is -8.73. The second-order valence-electron chi connectivity index (χ2n) is 13.9. The molecular weight excluding hydrogens is 888 g/mol. The van der Waals surface area contributed by atoms with Crippen LogP contribution in [0, 0.1) is 0 Å². The Labute approximate surface area is 355 Å². The van der Waals surface area contributed by atoms with E-state index >= 15 is 0 Å². The summed E-state index contributed by atoms with van der Waals surface area (Å²) in [7, 11) is -9.21. The Morgan fingerprint density at radius 2 is 1.63 bits per heavy atom. The Hall–Kier alpha value is -4.72. The van der Waals surface area contributed by atoms with Crippen molar-refractivity contribution >= 4 is 61.9 Å². The number of imidazole rings is 1. The molecule has 1 unspecified atom stereocenters. The lowest BCUT2D eigenvalue weighted by Gasteiger charge is -2.30. The number of amides is 1. The summed E-state index contributed by atoms with van der Waals surface area (Å²) >= 11 is 6.07. The predicted molar refractivity (Wildman–Crippen MR) is 212 cm³/mol. The molecule has 4 aromatic rings. The SMILES string of the molecule is C=CCCC(=O)N(C)[C@H](Cc1ccc(Cl)cc1)C(=O)O[C@H]1[C@@H](O)[C@H](n2cnc3c(N)ncnc32)O[C@H]1COP(=O)(O)O[C@H]1[C@@H](O)[C@H](n2ccc(N)nc2=O)O[C@@H]1COP(=O)(O)O. The largest absolute Gasteiger partial charge is 0.472 e. The first-order valence-corrected chi connectivity index (χ1v) is 21.8. The van der Waals surface area contributed by atoms with Gasteiger partial charge in [0.2, 0.25) is 5.91 Å². The number of aromatic nitrogens is 6. The number of hydrogen-bond acceptors (Lipinski definition) is 19. The van der Waals surface area contributed by atoms with Crippen LogP contribution in [-0.2, 0) is 52.9 Å². The van der Waals surface area contributed by atoms with Crippen molar-refractivity contribution in [3.05, 3.63) is 82.9 Å². The minimum Gasteiger partial charge on any atom is -0.455 e. The van der Waals surface area contributed by atoms with Crippen molar-refractivity contribution in [2.75, 3.05) is 31.7 Å². The Bertz CT molecular complexity index is 2420. The van der Waals surface area contributed by atoms with Crippen molar-refractivity contribution in [3.63, 3.8) is 0 Å². The van der Waals surface area contributed by atoms with Gasteiger partial charge in [0.05, 0.1) is 19.5 Å². The van der Waals surface area contributed by atoms with Crippen molar-refractivity contribution < 1.29 is 71.4 Å². The van der Waals surface area contributed by atoms with E-state index in [0.717, 1.165) is 17.1 Å². The zero-order valence-corrected chi connectivity index (χ0v) is 35.0. The van der Waals surface area contributed by atoms with E-state index in [4.69, 9.17) is 46.3 Å². The molecule has 6 rings (SSSR count). The van der Waals surface area contributed by atoms with Gasteiger partial charge in [0, 0.05) is 31.1 Å². The van der Waals surface area contributed by atoms with E-state index in [1.165, 1.54) is 35.0 Å². The van der Waals surface area contributed by atoms with E-state index in [0.29, 0.717) is 17.0 Å². The molecule has 0 bridgehead atoms. The number of nitrogen functional groups attached to an aromatic ring is 2. The normalized spacial score (nSPS) is 25.3. The highest BCUT2D eigenvalue weighted by atomic mass is 35.5. The summed E-state index contributed by atoms with van der Waals surface area (Å²) in [6, 6.07) is 6.35. The molecule has 25 nitrogen and oxygen atoms in total. The van der Waals surface area contributed by atoms with E-state index in [2.05, 4.69) is 31.0 Å². The van der Waals surface area contributed by atoms with Crippen molar-refractivity contribution in [2.45, 2.75) is 74.4 Å². The Morgan fingerprint density at radius 1 is 0.984 bits per heavy atom. The smallest absolute Gasteiger partial charge is 0.455 e. The van der Waals surface area contributed by atoms with Gasteiger partial charge in [-0.1, -0.05) is 29.8 Å². The van der Waals surface area contributed by atoms with Crippen LogP contribution in [0.3, 0.4) is 0 Å². The summed E-state index contributed by atoms with van der Waals surface area (Å²) in [5.41, 5.74) is 11.3. The highest BCUT2D eigenvalue weighted by Gasteiger charge is 2.52. The summed E-state index contributed by atoms with van der Waals surface area (Å²) in [6.45, 7) is 1.63. The molecule has 2 saturated heterocycles. The van der Waals surface area contributed by atoms with Crippen LogP contribution in [-0.4, -0.2) is 134 Å². The molecule has 0 spiro atoms. The predicted octanol–water partition coefficient (Wildman–Crippen LogP) is -0.0232. The highest BCUT2D eigenvalue weighted by molar-refractivity contribution is 7.47. The van der Waals surface area contributed by atoms with Gasteiger partial charge in [-0.15, -0.1) is 6.58 Å². The first-order chi connectivity index (χ1) is 29.3. The number of esters is 1. The third kappa shape index (κ3) is 10.9. The number of phosphoric ester groups is 2. The maximum atomic E-state index is 14.2. The molecular formula is C34H42ClN9O16P2. The molecule has 10 atom stereocenters. The molecule has 5 heterocycles. The van der Waals surface area contributed by atoms with Gasteiger partial charge in [-0.2, -0.15) is 4.98 Å². The highest BCUT2D eigenvalue weighted by Crippen LogP contribution is 2.50. The number of fused-ring (bicyclic) bond motifs is 1. The van der Waals surface area contributed by atoms with E-state index in [1.807, 2.05) is 0 Å². The fourth-order valence-corrected chi connectivity index (χ4v) is 8.08. The fourth-order valence-electron chi connectivity index (χ4n) is 6.65. The zero-order chi connectivity index (χ0) is 45.1. The number of phosphoric acid groups is 2. The third-order valence-corrected chi connectivity index (χ3v) is 11.5. The molecule has 62 heavy (non-hydrogen) atoms. The molecule has 2 aliphatic heterocycles. The van der Waals surface area contributed by atoms with Crippen LogP contribution in [0.15, 0.2) is 66.6 Å². The fraction of sp³-hybridized carbons (Fsp3) is 0.441. The monoisotopic (exact) mass is 929 g/mol. The minimum atomic E-state index is -5.43. The van der Waals surface area contributed by atoms with Gasteiger partial charge in [0.15, 0.2) is 30.0 Å². The van der Waals surface area contributed by atoms with Crippen LogP contribution >= 0.6 is 27.2 Å². The minimum absolute atomic E-state index is 0.00393. The second kappa shape index (κ2) is 19.3. The van der Waals surface area contributed by atoms with Crippen molar-refractivity contribution in [3.8, 4) is 0 Å². The van der Waals surface area contributed by atoms with E-state index in [9.17, 15) is 48.4 Å². The lowest BCUT2D eigenvalue weighted by molar-refractivity contribution is -0.165. The number of aliphatic hydroxyl groups excluding tert-OH is 2. The number of benzene rings is 1. The number of halogens is 1. The number of carbonyl (C=O) groups excluding carboxylic acids is 2. The van der Waals surface area contributed by atoms with Gasteiger partial charge in [-0.3, -0.25) is 27.5 Å². The molecule has 0 aliphatic carbocycles.